The minimum absolute atomic E-state index is 1.13. The Morgan fingerprint density at radius 3 is 1.54 bits per heavy atom. The number of benzene rings is 8. The lowest BCUT2D eigenvalue weighted by Gasteiger charge is -2.30. The third-order valence-corrected chi connectivity index (χ3v) is 11.8. The minimum Gasteiger partial charge on any atom is -0.372 e. The molecule has 0 atom stereocenters. The largest absolute Gasteiger partial charge is 0.372 e. The summed E-state index contributed by atoms with van der Waals surface area (Å²) < 4.78 is 0. The van der Waals surface area contributed by atoms with Gasteiger partial charge in [0.05, 0.1) is 0 Å². The first kappa shape index (κ1) is 31.2. The summed E-state index contributed by atoms with van der Waals surface area (Å²) in [5.74, 6) is 0. The second-order valence-corrected chi connectivity index (χ2v) is 15.0. The van der Waals surface area contributed by atoms with Crippen LogP contribution in [0.1, 0.15) is 38.5 Å². The SMILES string of the molecule is c1ccc2cc(-c3ccc(-c4c5cc(N6CCCCC6)ccc5c(-c5cccc6ccccc56)c5cc(N6CCCCC6)ccc45)cc3)ccc2c1. The summed E-state index contributed by atoms with van der Waals surface area (Å²) in [7, 11) is 0. The zero-order chi connectivity index (χ0) is 34.4. The van der Waals surface area contributed by atoms with E-state index in [1.807, 2.05) is 0 Å². The Labute approximate surface area is 306 Å². The predicted octanol–water partition coefficient (Wildman–Crippen LogP) is 13.3. The average molecular weight is 673 g/mol. The molecular formula is C50H44N2. The minimum atomic E-state index is 1.13. The number of nitrogens with zero attached hydrogens (tertiary/aromatic N) is 2. The van der Waals surface area contributed by atoms with Crippen LogP contribution < -0.4 is 9.80 Å². The van der Waals surface area contributed by atoms with Gasteiger partial charge < -0.3 is 9.80 Å². The van der Waals surface area contributed by atoms with Crippen molar-refractivity contribution in [2.45, 2.75) is 38.5 Å². The van der Waals surface area contributed by atoms with Crippen molar-refractivity contribution in [3.05, 3.63) is 146 Å². The fraction of sp³-hybridized carbons (Fsp3) is 0.200. The van der Waals surface area contributed by atoms with Crippen LogP contribution in [0.2, 0.25) is 0 Å². The van der Waals surface area contributed by atoms with Crippen LogP contribution in [-0.4, -0.2) is 26.2 Å². The maximum Gasteiger partial charge on any atom is 0.0372 e. The van der Waals surface area contributed by atoms with E-state index < -0.39 is 0 Å². The van der Waals surface area contributed by atoms with Gasteiger partial charge in [0.25, 0.3) is 0 Å². The lowest BCUT2D eigenvalue weighted by atomic mass is 9.84. The van der Waals surface area contributed by atoms with Crippen molar-refractivity contribution in [2.75, 3.05) is 36.0 Å². The Hall–Kier alpha value is -5.60. The molecule has 2 aliphatic rings. The summed E-state index contributed by atoms with van der Waals surface area (Å²) in [5, 5.41) is 10.5. The Morgan fingerprint density at radius 1 is 0.308 bits per heavy atom. The summed E-state index contributed by atoms with van der Waals surface area (Å²) in [4.78, 5) is 5.22. The van der Waals surface area contributed by atoms with Crippen molar-refractivity contribution in [3.63, 3.8) is 0 Å². The fourth-order valence-corrected chi connectivity index (χ4v) is 9.14. The monoisotopic (exact) mass is 672 g/mol. The summed E-state index contributed by atoms with van der Waals surface area (Å²) >= 11 is 0. The Kier molecular flexibility index (Phi) is 7.90. The van der Waals surface area contributed by atoms with Crippen LogP contribution in [0.15, 0.2) is 146 Å². The van der Waals surface area contributed by atoms with E-state index in [1.54, 1.807) is 0 Å². The summed E-state index contributed by atoms with van der Waals surface area (Å²) in [6.45, 7) is 4.52. The van der Waals surface area contributed by atoms with E-state index in [9.17, 15) is 0 Å². The predicted molar refractivity (Wildman–Crippen MR) is 225 cm³/mol. The number of piperidine rings is 2. The lowest BCUT2D eigenvalue weighted by molar-refractivity contribution is 0.578. The highest BCUT2D eigenvalue weighted by Crippen LogP contribution is 2.47. The molecule has 0 saturated carbocycles. The van der Waals surface area contributed by atoms with Gasteiger partial charge in [-0.3, -0.25) is 0 Å². The quantitative estimate of drug-likeness (QED) is 0.168. The number of rotatable bonds is 5. The molecule has 0 spiro atoms. The van der Waals surface area contributed by atoms with Gasteiger partial charge >= 0.3 is 0 Å². The molecule has 8 aromatic carbocycles. The molecule has 2 nitrogen and oxygen atoms in total. The van der Waals surface area contributed by atoms with Crippen molar-refractivity contribution >= 4 is 54.5 Å². The van der Waals surface area contributed by atoms with Gasteiger partial charge in [-0.25, -0.2) is 0 Å². The second kappa shape index (κ2) is 13.2. The molecule has 2 fully saturated rings. The fourth-order valence-electron chi connectivity index (χ4n) is 9.14. The third kappa shape index (κ3) is 5.49. The van der Waals surface area contributed by atoms with E-state index in [2.05, 4.69) is 155 Å². The number of fused-ring (bicyclic) bond motifs is 4. The summed E-state index contributed by atoms with van der Waals surface area (Å²) in [6.07, 6.45) is 7.71. The lowest BCUT2D eigenvalue weighted by Crippen LogP contribution is -2.29. The molecule has 52 heavy (non-hydrogen) atoms. The molecule has 0 aromatic heterocycles. The molecule has 0 radical (unpaired) electrons. The molecule has 254 valence electrons. The number of hydrogen-bond acceptors (Lipinski definition) is 2. The highest BCUT2D eigenvalue weighted by atomic mass is 15.1. The molecule has 10 rings (SSSR count). The first-order valence-corrected chi connectivity index (χ1v) is 19.4. The zero-order valence-corrected chi connectivity index (χ0v) is 29.8. The maximum absolute atomic E-state index is 2.61. The van der Waals surface area contributed by atoms with Gasteiger partial charge in [-0.1, -0.05) is 115 Å². The molecule has 0 N–H and O–H groups in total. The van der Waals surface area contributed by atoms with E-state index >= 15 is 0 Å². The van der Waals surface area contributed by atoms with Crippen LogP contribution in [0, 0.1) is 0 Å². The Morgan fingerprint density at radius 2 is 0.846 bits per heavy atom. The van der Waals surface area contributed by atoms with Gasteiger partial charge in [0.2, 0.25) is 0 Å². The van der Waals surface area contributed by atoms with Crippen LogP contribution in [0.25, 0.3) is 76.5 Å². The van der Waals surface area contributed by atoms with Crippen LogP contribution in [0.5, 0.6) is 0 Å². The van der Waals surface area contributed by atoms with Crippen LogP contribution in [0.4, 0.5) is 11.4 Å². The van der Waals surface area contributed by atoms with Gasteiger partial charge in [0.1, 0.15) is 0 Å². The maximum atomic E-state index is 2.61. The van der Waals surface area contributed by atoms with Crippen molar-refractivity contribution in [1.29, 1.82) is 0 Å². The first-order chi connectivity index (χ1) is 25.8. The van der Waals surface area contributed by atoms with Gasteiger partial charge in [-0.15, -0.1) is 0 Å². The van der Waals surface area contributed by atoms with Crippen LogP contribution in [-0.2, 0) is 0 Å². The normalized spacial score (nSPS) is 15.2. The molecule has 8 aromatic rings. The van der Waals surface area contributed by atoms with E-state index in [0.717, 1.165) is 26.2 Å². The van der Waals surface area contributed by atoms with Crippen LogP contribution in [0.3, 0.4) is 0 Å². The highest BCUT2D eigenvalue weighted by Gasteiger charge is 2.22. The summed E-state index contributed by atoms with van der Waals surface area (Å²) in [6, 6.07) is 55.3. The molecule has 0 aliphatic carbocycles. The van der Waals surface area contributed by atoms with Gasteiger partial charge in [0, 0.05) is 37.6 Å². The number of anilines is 2. The Balaban J connectivity index is 1.24. The first-order valence-electron chi connectivity index (χ1n) is 19.4. The zero-order valence-electron chi connectivity index (χ0n) is 29.8. The van der Waals surface area contributed by atoms with Crippen molar-refractivity contribution < 1.29 is 0 Å². The van der Waals surface area contributed by atoms with E-state index in [-0.39, 0.29) is 0 Å². The molecule has 2 aliphatic heterocycles. The molecule has 2 heterocycles. The molecule has 0 unspecified atom stereocenters. The molecule has 2 saturated heterocycles. The van der Waals surface area contributed by atoms with E-state index in [0.29, 0.717) is 0 Å². The topological polar surface area (TPSA) is 6.48 Å². The average Bonchev–Trinajstić information content (AvgIpc) is 3.23. The number of hydrogen-bond donors (Lipinski definition) is 0. The van der Waals surface area contributed by atoms with Gasteiger partial charge in [0.15, 0.2) is 0 Å². The Bertz CT molecular complexity index is 2580. The molecule has 0 amide bonds. The highest BCUT2D eigenvalue weighted by molar-refractivity contribution is 6.24. The molecular weight excluding hydrogens is 629 g/mol. The third-order valence-electron chi connectivity index (χ3n) is 11.8. The molecule has 2 heteroatoms. The second-order valence-electron chi connectivity index (χ2n) is 15.0. The summed E-state index contributed by atoms with van der Waals surface area (Å²) in [5.41, 5.74) is 10.5. The van der Waals surface area contributed by atoms with Crippen molar-refractivity contribution in [3.8, 4) is 33.4 Å². The van der Waals surface area contributed by atoms with Gasteiger partial charge in [-0.05, 0) is 145 Å². The van der Waals surface area contributed by atoms with E-state index in [1.165, 1.54) is 126 Å². The van der Waals surface area contributed by atoms with E-state index in [4.69, 9.17) is 0 Å². The van der Waals surface area contributed by atoms with Crippen molar-refractivity contribution in [1.82, 2.24) is 0 Å². The van der Waals surface area contributed by atoms with Crippen molar-refractivity contribution in [2.24, 2.45) is 0 Å². The smallest absolute Gasteiger partial charge is 0.0372 e. The molecule has 0 bridgehead atoms. The standard InChI is InChI=1S/C50H44N2/c1-7-28-51(29-8-1)41-25-27-46-47(33-41)49(38-21-18-36(19-22-38)40-23-20-35-12-3-4-14-39(35)32-40)45-26-24-42(52-30-9-2-10-31-52)34-48(45)50(46)44-17-11-15-37-13-5-6-16-43(37)44/h3-6,11-27,32-34H,1-2,7-10,28-31H2. The van der Waals surface area contributed by atoms with Gasteiger partial charge in [-0.2, -0.15) is 0 Å². The van der Waals surface area contributed by atoms with Crippen LogP contribution >= 0.6 is 0 Å².